The Labute approximate surface area is 122 Å². The fourth-order valence-corrected chi connectivity index (χ4v) is 4.08. The van der Waals surface area contributed by atoms with Gasteiger partial charge in [-0.3, -0.25) is 0 Å². The minimum absolute atomic E-state index is 0.00381. The average Bonchev–Trinajstić information content (AvgIpc) is 3.15. The van der Waals surface area contributed by atoms with Crippen molar-refractivity contribution >= 4 is 31.6 Å². The molecule has 1 saturated carbocycles. The molecule has 1 aliphatic carbocycles. The molecule has 0 aliphatic heterocycles. The zero-order chi connectivity index (χ0) is 14.0. The molecule has 3 N–H and O–H groups in total. The van der Waals surface area contributed by atoms with E-state index in [4.69, 9.17) is 5.73 Å². The summed E-state index contributed by atoms with van der Waals surface area (Å²) < 4.78 is 28.2. The molecule has 1 atom stereocenters. The van der Waals surface area contributed by atoms with Gasteiger partial charge in [0, 0.05) is 10.5 Å². The first-order valence-corrected chi connectivity index (χ1v) is 8.77. The van der Waals surface area contributed by atoms with Crippen molar-refractivity contribution in [2.75, 3.05) is 5.73 Å². The summed E-state index contributed by atoms with van der Waals surface area (Å²) in [6, 6.07) is 4.87. The lowest BCUT2D eigenvalue weighted by Gasteiger charge is -2.17. The van der Waals surface area contributed by atoms with Crippen molar-refractivity contribution in [3.63, 3.8) is 0 Å². The Hall–Kier alpha value is -0.590. The second-order valence-electron chi connectivity index (χ2n) is 5.09. The predicted molar refractivity (Wildman–Crippen MR) is 80.3 cm³/mol. The van der Waals surface area contributed by atoms with Gasteiger partial charge in [0.2, 0.25) is 10.0 Å². The maximum atomic E-state index is 12.4. The lowest BCUT2D eigenvalue weighted by atomic mass is 10.1. The van der Waals surface area contributed by atoms with Gasteiger partial charge in [0.1, 0.15) is 4.90 Å². The Morgan fingerprint density at radius 1 is 1.47 bits per heavy atom. The van der Waals surface area contributed by atoms with E-state index in [1.807, 2.05) is 6.92 Å². The number of nitrogens with two attached hydrogens (primary N) is 1. The van der Waals surface area contributed by atoms with E-state index < -0.39 is 10.0 Å². The van der Waals surface area contributed by atoms with E-state index in [0.29, 0.717) is 10.4 Å². The van der Waals surface area contributed by atoms with Crippen molar-refractivity contribution in [3.8, 4) is 0 Å². The van der Waals surface area contributed by atoms with Crippen LogP contribution in [0.1, 0.15) is 32.6 Å². The van der Waals surface area contributed by atoms with Crippen LogP contribution < -0.4 is 10.5 Å². The molecule has 0 aromatic heterocycles. The van der Waals surface area contributed by atoms with Gasteiger partial charge in [-0.2, -0.15) is 0 Å². The highest BCUT2D eigenvalue weighted by Crippen LogP contribution is 2.34. The lowest BCUT2D eigenvalue weighted by molar-refractivity contribution is 0.495. The Balaban J connectivity index is 2.18. The van der Waals surface area contributed by atoms with Crippen molar-refractivity contribution in [3.05, 3.63) is 22.7 Å². The molecule has 1 unspecified atom stereocenters. The topological polar surface area (TPSA) is 72.2 Å². The third-order valence-corrected chi connectivity index (χ3v) is 5.46. The van der Waals surface area contributed by atoms with Crippen LogP contribution in [0, 0.1) is 5.92 Å². The second-order valence-corrected chi connectivity index (χ2v) is 7.69. The zero-order valence-corrected chi connectivity index (χ0v) is 13.3. The monoisotopic (exact) mass is 346 g/mol. The van der Waals surface area contributed by atoms with E-state index in [0.717, 1.165) is 12.8 Å². The van der Waals surface area contributed by atoms with Gasteiger partial charge >= 0.3 is 0 Å². The van der Waals surface area contributed by atoms with Crippen LogP contribution >= 0.6 is 15.9 Å². The van der Waals surface area contributed by atoms with Crippen molar-refractivity contribution in [2.24, 2.45) is 5.92 Å². The highest BCUT2D eigenvalue weighted by molar-refractivity contribution is 9.10. The van der Waals surface area contributed by atoms with Gasteiger partial charge < -0.3 is 5.73 Å². The fraction of sp³-hybridized carbons (Fsp3) is 0.538. The first kappa shape index (κ1) is 14.8. The molecular formula is C13H19BrN2O2S. The molecule has 0 radical (unpaired) electrons. The van der Waals surface area contributed by atoms with Crippen molar-refractivity contribution in [2.45, 2.75) is 43.5 Å². The average molecular weight is 347 g/mol. The molecule has 4 nitrogen and oxygen atoms in total. The molecule has 1 aromatic rings. The number of sulfonamides is 1. The highest BCUT2D eigenvalue weighted by Gasteiger charge is 2.28. The van der Waals surface area contributed by atoms with E-state index in [9.17, 15) is 8.42 Å². The third kappa shape index (κ3) is 3.94. The van der Waals surface area contributed by atoms with Gasteiger partial charge in [-0.05, 0) is 37.0 Å². The Bertz CT molecular complexity index is 556. The summed E-state index contributed by atoms with van der Waals surface area (Å²) >= 11 is 3.27. The van der Waals surface area contributed by atoms with Gasteiger partial charge in [-0.25, -0.2) is 13.1 Å². The highest BCUT2D eigenvalue weighted by atomic mass is 79.9. The van der Waals surface area contributed by atoms with Crippen LogP contribution in [0.25, 0.3) is 0 Å². The van der Waals surface area contributed by atoms with E-state index in [1.54, 1.807) is 18.2 Å². The molecule has 0 spiro atoms. The number of hydrogen-bond acceptors (Lipinski definition) is 3. The summed E-state index contributed by atoms with van der Waals surface area (Å²) in [6.45, 7) is 2.00. The Kier molecular flexibility index (Phi) is 4.53. The van der Waals surface area contributed by atoms with Crippen LogP contribution in [0.5, 0.6) is 0 Å². The summed E-state index contributed by atoms with van der Waals surface area (Å²) in [6.07, 6.45) is 4.15. The molecule has 1 aromatic carbocycles. The van der Waals surface area contributed by atoms with E-state index in [1.165, 1.54) is 12.8 Å². The number of benzene rings is 1. The molecule has 0 heterocycles. The summed E-state index contributed by atoms with van der Waals surface area (Å²) in [5.41, 5.74) is 6.04. The molecule has 0 amide bonds. The van der Waals surface area contributed by atoms with Crippen molar-refractivity contribution in [1.82, 2.24) is 4.72 Å². The van der Waals surface area contributed by atoms with Gasteiger partial charge in [0.25, 0.3) is 0 Å². The third-order valence-electron chi connectivity index (χ3n) is 3.39. The first-order chi connectivity index (χ1) is 8.92. The molecule has 19 heavy (non-hydrogen) atoms. The van der Waals surface area contributed by atoms with Gasteiger partial charge in [0.05, 0.1) is 5.69 Å². The smallest absolute Gasteiger partial charge is 0.242 e. The van der Waals surface area contributed by atoms with E-state index in [2.05, 4.69) is 20.7 Å². The molecule has 0 bridgehead atoms. The predicted octanol–water partition coefficient (Wildman–Crippen LogP) is 2.89. The number of rotatable bonds is 6. The summed E-state index contributed by atoms with van der Waals surface area (Å²) in [5, 5.41) is 0. The quantitative estimate of drug-likeness (QED) is 0.778. The fourth-order valence-electron chi connectivity index (χ4n) is 2.08. The summed E-state index contributed by atoms with van der Waals surface area (Å²) in [5.74, 6) is 0.688. The molecular weight excluding hydrogens is 328 g/mol. The molecule has 0 saturated heterocycles. The van der Waals surface area contributed by atoms with Gasteiger partial charge in [0.15, 0.2) is 0 Å². The molecule has 106 valence electrons. The largest absolute Gasteiger partial charge is 0.398 e. The van der Waals surface area contributed by atoms with Crippen LogP contribution in [0.3, 0.4) is 0 Å². The molecule has 1 aliphatic rings. The maximum Gasteiger partial charge on any atom is 0.242 e. The van der Waals surface area contributed by atoms with Gasteiger partial charge in [-0.1, -0.05) is 35.7 Å². The molecule has 6 heteroatoms. The minimum Gasteiger partial charge on any atom is -0.398 e. The van der Waals surface area contributed by atoms with Crippen LogP contribution in [0.4, 0.5) is 5.69 Å². The number of nitrogens with one attached hydrogen (secondary N) is 1. The SMILES string of the molecule is CCC(CC1CC1)NS(=O)(=O)c1cc(Br)ccc1N. The van der Waals surface area contributed by atoms with Crippen LogP contribution in [0.2, 0.25) is 0 Å². The standard InChI is InChI=1S/C13H19BrN2O2S/c1-2-11(7-9-3-4-9)16-19(17,18)13-8-10(14)5-6-12(13)15/h5-6,8-9,11,16H,2-4,7,15H2,1H3. The summed E-state index contributed by atoms with van der Waals surface area (Å²) in [7, 11) is -3.55. The lowest BCUT2D eigenvalue weighted by Crippen LogP contribution is -2.35. The minimum atomic E-state index is -3.55. The van der Waals surface area contributed by atoms with Crippen LogP contribution in [-0.4, -0.2) is 14.5 Å². The second kappa shape index (κ2) is 5.81. The number of nitrogen functional groups attached to an aromatic ring is 1. The first-order valence-electron chi connectivity index (χ1n) is 6.49. The van der Waals surface area contributed by atoms with Crippen molar-refractivity contribution < 1.29 is 8.42 Å². The number of halogens is 1. The zero-order valence-electron chi connectivity index (χ0n) is 10.9. The normalized spacial score (nSPS) is 17.4. The molecule has 1 fully saturated rings. The number of hydrogen-bond donors (Lipinski definition) is 2. The number of anilines is 1. The Morgan fingerprint density at radius 3 is 2.74 bits per heavy atom. The van der Waals surface area contributed by atoms with E-state index in [-0.39, 0.29) is 16.6 Å². The van der Waals surface area contributed by atoms with Crippen molar-refractivity contribution in [1.29, 1.82) is 0 Å². The van der Waals surface area contributed by atoms with Gasteiger partial charge in [-0.15, -0.1) is 0 Å². The summed E-state index contributed by atoms with van der Waals surface area (Å²) in [4.78, 5) is 0.149. The Morgan fingerprint density at radius 2 is 2.16 bits per heavy atom. The molecule has 2 rings (SSSR count). The van der Waals surface area contributed by atoms with Crippen LogP contribution in [0.15, 0.2) is 27.6 Å². The maximum absolute atomic E-state index is 12.4. The van der Waals surface area contributed by atoms with E-state index >= 15 is 0 Å². The van der Waals surface area contributed by atoms with Crippen LogP contribution in [-0.2, 0) is 10.0 Å².